The SMILES string of the molecule is CCn1nnnc1NCc1cc(Br)ccc1OCc1cccc(C)c1. The minimum Gasteiger partial charge on any atom is -0.489 e. The van der Waals surface area contributed by atoms with E-state index in [4.69, 9.17) is 4.74 Å². The first-order valence-corrected chi connectivity index (χ1v) is 8.92. The molecule has 0 spiro atoms. The molecule has 6 nitrogen and oxygen atoms in total. The number of anilines is 1. The van der Waals surface area contributed by atoms with E-state index in [1.165, 1.54) is 5.56 Å². The Morgan fingerprint density at radius 3 is 2.88 bits per heavy atom. The maximum absolute atomic E-state index is 6.04. The maximum atomic E-state index is 6.04. The second-order valence-electron chi connectivity index (χ2n) is 5.70. The van der Waals surface area contributed by atoms with Crippen LogP contribution in [0.25, 0.3) is 0 Å². The summed E-state index contributed by atoms with van der Waals surface area (Å²) in [6, 6.07) is 14.3. The number of hydrogen-bond donors (Lipinski definition) is 1. The molecule has 0 aliphatic carbocycles. The number of nitrogens with zero attached hydrogens (tertiary/aromatic N) is 4. The summed E-state index contributed by atoms with van der Waals surface area (Å²) >= 11 is 3.52. The van der Waals surface area contributed by atoms with Crippen molar-refractivity contribution in [2.45, 2.75) is 33.5 Å². The molecule has 0 atom stereocenters. The highest BCUT2D eigenvalue weighted by atomic mass is 79.9. The fraction of sp³-hybridized carbons (Fsp3) is 0.278. The Hall–Kier alpha value is -2.41. The lowest BCUT2D eigenvalue weighted by molar-refractivity contribution is 0.303. The van der Waals surface area contributed by atoms with Crippen LogP contribution >= 0.6 is 15.9 Å². The van der Waals surface area contributed by atoms with E-state index in [0.717, 1.165) is 21.3 Å². The van der Waals surface area contributed by atoms with Gasteiger partial charge in [0.05, 0.1) is 0 Å². The van der Waals surface area contributed by atoms with Gasteiger partial charge in [-0.05, 0) is 48.0 Å². The molecule has 0 saturated carbocycles. The Morgan fingerprint density at radius 2 is 2.08 bits per heavy atom. The Bertz CT molecular complexity index is 849. The van der Waals surface area contributed by atoms with E-state index in [-0.39, 0.29) is 0 Å². The molecule has 0 saturated heterocycles. The summed E-state index contributed by atoms with van der Waals surface area (Å²) in [6.07, 6.45) is 0. The molecular formula is C18H20BrN5O. The molecule has 3 rings (SSSR count). The van der Waals surface area contributed by atoms with Crippen molar-refractivity contribution in [3.05, 3.63) is 63.6 Å². The molecule has 130 valence electrons. The molecule has 7 heteroatoms. The summed E-state index contributed by atoms with van der Waals surface area (Å²) in [5, 5.41) is 14.9. The Balaban J connectivity index is 1.71. The van der Waals surface area contributed by atoms with Crippen LogP contribution in [0.2, 0.25) is 0 Å². The first-order valence-electron chi connectivity index (χ1n) is 8.12. The molecule has 1 aromatic heterocycles. The summed E-state index contributed by atoms with van der Waals surface area (Å²) in [4.78, 5) is 0. The standard InChI is InChI=1S/C18H20BrN5O/c1-3-24-18(21-22-23-24)20-11-15-10-16(19)7-8-17(15)25-12-14-6-4-5-13(2)9-14/h4-10H,3,11-12H2,1-2H3,(H,20,21,23). The molecule has 0 aliphatic rings. The quantitative estimate of drug-likeness (QED) is 0.648. The number of aryl methyl sites for hydroxylation is 2. The van der Waals surface area contributed by atoms with Gasteiger partial charge in [0.15, 0.2) is 0 Å². The third-order valence-corrected chi connectivity index (χ3v) is 4.26. The van der Waals surface area contributed by atoms with Gasteiger partial charge in [-0.25, -0.2) is 4.68 Å². The number of hydrogen-bond acceptors (Lipinski definition) is 5. The van der Waals surface area contributed by atoms with E-state index in [1.54, 1.807) is 4.68 Å². The van der Waals surface area contributed by atoms with E-state index in [0.29, 0.717) is 25.6 Å². The van der Waals surface area contributed by atoms with Crippen molar-refractivity contribution in [3.8, 4) is 5.75 Å². The van der Waals surface area contributed by atoms with Gasteiger partial charge >= 0.3 is 0 Å². The van der Waals surface area contributed by atoms with Gasteiger partial charge in [-0.2, -0.15) is 0 Å². The number of nitrogens with one attached hydrogen (secondary N) is 1. The van der Waals surface area contributed by atoms with Gasteiger partial charge in [-0.1, -0.05) is 50.9 Å². The van der Waals surface area contributed by atoms with Crippen molar-refractivity contribution in [2.24, 2.45) is 0 Å². The number of tetrazole rings is 1. The van der Waals surface area contributed by atoms with Crippen LogP contribution in [0.5, 0.6) is 5.75 Å². The summed E-state index contributed by atoms with van der Waals surface area (Å²) in [5.74, 6) is 1.49. The van der Waals surface area contributed by atoms with Crippen molar-refractivity contribution >= 4 is 21.9 Å². The number of rotatable bonds is 7. The minimum atomic E-state index is 0.531. The van der Waals surface area contributed by atoms with Gasteiger partial charge in [-0.3, -0.25) is 0 Å². The molecule has 0 aliphatic heterocycles. The van der Waals surface area contributed by atoms with Gasteiger partial charge in [0.25, 0.3) is 0 Å². The van der Waals surface area contributed by atoms with E-state index < -0.39 is 0 Å². The monoisotopic (exact) mass is 401 g/mol. The molecule has 0 radical (unpaired) electrons. The van der Waals surface area contributed by atoms with Crippen LogP contribution in [0.15, 0.2) is 46.9 Å². The summed E-state index contributed by atoms with van der Waals surface area (Å²) < 4.78 is 8.76. The first-order chi connectivity index (χ1) is 12.2. The Morgan fingerprint density at radius 1 is 1.20 bits per heavy atom. The topological polar surface area (TPSA) is 64.9 Å². The average molecular weight is 402 g/mol. The zero-order chi connectivity index (χ0) is 17.6. The third kappa shape index (κ3) is 4.57. The fourth-order valence-electron chi connectivity index (χ4n) is 2.51. The highest BCUT2D eigenvalue weighted by molar-refractivity contribution is 9.10. The van der Waals surface area contributed by atoms with Crippen molar-refractivity contribution in [2.75, 3.05) is 5.32 Å². The molecule has 0 amide bonds. The van der Waals surface area contributed by atoms with Crippen LogP contribution in [0, 0.1) is 6.92 Å². The number of halogens is 1. The molecule has 1 heterocycles. The van der Waals surface area contributed by atoms with Gasteiger partial charge in [0, 0.05) is 23.1 Å². The van der Waals surface area contributed by atoms with Crippen LogP contribution in [-0.2, 0) is 19.7 Å². The zero-order valence-corrected chi connectivity index (χ0v) is 15.8. The van der Waals surface area contributed by atoms with Crippen LogP contribution < -0.4 is 10.1 Å². The van der Waals surface area contributed by atoms with Crippen LogP contribution in [0.1, 0.15) is 23.6 Å². The maximum Gasteiger partial charge on any atom is 0.243 e. The molecule has 25 heavy (non-hydrogen) atoms. The van der Waals surface area contributed by atoms with Gasteiger partial charge < -0.3 is 10.1 Å². The number of ether oxygens (including phenoxy) is 1. The molecule has 3 aromatic rings. The van der Waals surface area contributed by atoms with Gasteiger partial charge in [0.2, 0.25) is 5.95 Å². The average Bonchev–Trinajstić information content (AvgIpc) is 3.06. The van der Waals surface area contributed by atoms with E-state index in [2.05, 4.69) is 61.9 Å². The predicted octanol–water partition coefficient (Wildman–Crippen LogP) is 3.96. The second-order valence-corrected chi connectivity index (χ2v) is 6.62. The first kappa shape index (κ1) is 17.4. The minimum absolute atomic E-state index is 0.531. The molecular weight excluding hydrogens is 382 g/mol. The van der Waals surface area contributed by atoms with Crippen LogP contribution in [-0.4, -0.2) is 20.2 Å². The van der Waals surface area contributed by atoms with Gasteiger partial charge in [-0.15, -0.1) is 0 Å². The normalized spacial score (nSPS) is 10.7. The third-order valence-electron chi connectivity index (χ3n) is 3.77. The Labute approximate surface area is 155 Å². The number of aromatic nitrogens is 4. The Kier molecular flexibility index (Phi) is 5.65. The summed E-state index contributed by atoms with van der Waals surface area (Å²) in [7, 11) is 0. The lowest BCUT2D eigenvalue weighted by Crippen LogP contribution is -2.09. The fourth-order valence-corrected chi connectivity index (χ4v) is 2.92. The zero-order valence-electron chi connectivity index (χ0n) is 14.2. The lowest BCUT2D eigenvalue weighted by atomic mass is 10.1. The van der Waals surface area contributed by atoms with E-state index >= 15 is 0 Å². The predicted molar refractivity (Wildman–Crippen MR) is 100 cm³/mol. The van der Waals surface area contributed by atoms with Crippen molar-refractivity contribution in [1.82, 2.24) is 20.2 Å². The summed E-state index contributed by atoms with van der Waals surface area (Å²) in [5.41, 5.74) is 3.41. The van der Waals surface area contributed by atoms with Crippen LogP contribution in [0.3, 0.4) is 0 Å². The highest BCUT2D eigenvalue weighted by Gasteiger charge is 2.08. The molecule has 2 aromatic carbocycles. The van der Waals surface area contributed by atoms with Crippen LogP contribution in [0.4, 0.5) is 5.95 Å². The van der Waals surface area contributed by atoms with E-state index in [1.807, 2.05) is 31.2 Å². The van der Waals surface area contributed by atoms with Crippen molar-refractivity contribution in [1.29, 1.82) is 0 Å². The highest BCUT2D eigenvalue weighted by Crippen LogP contribution is 2.25. The van der Waals surface area contributed by atoms with E-state index in [9.17, 15) is 0 Å². The van der Waals surface area contributed by atoms with Crippen molar-refractivity contribution in [3.63, 3.8) is 0 Å². The second kappa shape index (κ2) is 8.11. The van der Waals surface area contributed by atoms with Gasteiger partial charge in [0.1, 0.15) is 12.4 Å². The molecule has 0 fully saturated rings. The summed E-state index contributed by atoms with van der Waals surface area (Å²) in [6.45, 7) is 5.89. The molecule has 0 unspecified atom stereocenters. The largest absolute Gasteiger partial charge is 0.489 e. The molecule has 0 bridgehead atoms. The smallest absolute Gasteiger partial charge is 0.243 e. The number of benzene rings is 2. The molecule has 1 N–H and O–H groups in total. The van der Waals surface area contributed by atoms with Crippen molar-refractivity contribution < 1.29 is 4.74 Å². The lowest BCUT2D eigenvalue weighted by Gasteiger charge is -2.13.